The summed E-state index contributed by atoms with van der Waals surface area (Å²) in [6.45, 7) is 22.3. The van der Waals surface area contributed by atoms with Gasteiger partial charge in [0.1, 0.15) is 29.3 Å². The molecule has 0 fully saturated rings. The molecule has 2 aromatic heterocycles. The van der Waals surface area contributed by atoms with Crippen LogP contribution >= 0.6 is 0 Å². The van der Waals surface area contributed by atoms with Crippen LogP contribution in [0.4, 0.5) is 17.1 Å². The fraction of sp³-hybridized carbons (Fsp3) is 0.297. The van der Waals surface area contributed by atoms with E-state index >= 15 is 0 Å². The first-order valence-electron chi connectivity index (χ1n) is 29.9. The zero-order valence-electron chi connectivity index (χ0n) is 55.1. The van der Waals surface area contributed by atoms with E-state index in [2.05, 4.69) is 175 Å². The fourth-order valence-corrected chi connectivity index (χ4v) is 8.00. The summed E-state index contributed by atoms with van der Waals surface area (Å²) in [7, 11) is 9.44. The molecule has 11 rings (SSSR count). The van der Waals surface area contributed by atoms with E-state index in [0.717, 1.165) is 104 Å². The second-order valence-electron chi connectivity index (χ2n) is 20.4. The number of aliphatic hydroxyl groups excluding tert-OH is 2. The van der Waals surface area contributed by atoms with Crippen molar-refractivity contribution in [2.45, 2.75) is 94.8 Å². The number of aromatic nitrogens is 5. The normalized spacial score (nSPS) is 10.3. The summed E-state index contributed by atoms with van der Waals surface area (Å²) in [5.74, 6) is 4.29. The zero-order chi connectivity index (χ0) is 65.3. The molecule has 0 radical (unpaired) electrons. The molecular formula is C74H96N8O7. The first kappa shape index (κ1) is 73.8. The van der Waals surface area contributed by atoms with Crippen molar-refractivity contribution < 1.29 is 34.0 Å². The Morgan fingerprint density at radius 2 is 1.15 bits per heavy atom. The average Bonchev–Trinajstić information content (AvgIpc) is 4.37. The van der Waals surface area contributed by atoms with E-state index in [1.807, 2.05) is 136 Å². The van der Waals surface area contributed by atoms with Gasteiger partial charge in [0.25, 0.3) is 5.91 Å². The molecule has 10 aromatic rings. The van der Waals surface area contributed by atoms with Crippen molar-refractivity contribution in [1.82, 2.24) is 24.3 Å². The number of hydrogen-bond acceptors (Lipinski definition) is 12. The van der Waals surface area contributed by atoms with Crippen LogP contribution in [0.3, 0.4) is 0 Å². The van der Waals surface area contributed by atoms with Gasteiger partial charge in [-0.15, -0.1) is 0 Å². The molecule has 0 bridgehead atoms. The molecule has 8 aromatic carbocycles. The minimum atomic E-state index is -0.0897. The third-order valence-corrected chi connectivity index (χ3v) is 13.1. The quantitative estimate of drug-likeness (QED) is 0.0807. The molecule has 15 nitrogen and oxygen atoms in total. The Labute approximate surface area is 530 Å². The van der Waals surface area contributed by atoms with Gasteiger partial charge in [-0.25, -0.2) is 9.97 Å². The van der Waals surface area contributed by atoms with Gasteiger partial charge in [0.05, 0.1) is 43.9 Å². The lowest BCUT2D eigenvalue weighted by Crippen LogP contribution is -2.25. The van der Waals surface area contributed by atoms with Gasteiger partial charge >= 0.3 is 0 Å². The number of ether oxygens (including phenoxy) is 4. The minimum absolute atomic E-state index is 0.0897. The van der Waals surface area contributed by atoms with Crippen LogP contribution in [0.25, 0.3) is 22.4 Å². The smallest absolute Gasteiger partial charge is 0.262 e. The Morgan fingerprint density at radius 1 is 0.596 bits per heavy atom. The van der Waals surface area contributed by atoms with Crippen LogP contribution in [-0.4, -0.2) is 96.2 Å². The highest BCUT2D eigenvalue weighted by Crippen LogP contribution is 2.30. The van der Waals surface area contributed by atoms with Gasteiger partial charge in [0.2, 0.25) is 0 Å². The lowest BCUT2D eigenvalue weighted by Gasteiger charge is -2.19. The second kappa shape index (κ2) is 42.4. The van der Waals surface area contributed by atoms with Gasteiger partial charge in [-0.05, 0) is 157 Å². The van der Waals surface area contributed by atoms with E-state index in [-0.39, 0.29) is 12.5 Å². The monoisotopic (exact) mass is 1210 g/mol. The number of unbranched alkanes of at least 4 members (excludes halogenated alkanes) is 1. The molecule has 0 atom stereocenters. The number of para-hydroxylation sites is 3. The van der Waals surface area contributed by atoms with Gasteiger partial charge in [-0.2, -0.15) is 5.10 Å². The Balaban J connectivity index is 0.000000271. The average molecular weight is 1210 g/mol. The fourth-order valence-electron chi connectivity index (χ4n) is 8.00. The summed E-state index contributed by atoms with van der Waals surface area (Å²) < 4.78 is 24.8. The van der Waals surface area contributed by atoms with E-state index in [4.69, 9.17) is 29.2 Å². The standard InChI is InChI=1S/C15H17NO.C11H13N3.C11H16O.C9H10N2.C9H9NO2.C9H13N.C8H10O.2CH4O/c1-12-4-3-5-14(10-12)16-11-13-6-8-15(17-2)9-7-13;1-3-14-8-12-11(13-14)10-6-4-9(2)5-7-10;1-3-4-9-12-11-7-5-10(2)6-8-11;1-2-11-7-10-8-5-3-4-6-9(8)11;1-6-3-2-4-7-9(6)12-5-8(11)10-7;1-8-4-6-9(7-5-8)10(2)3;1-7-3-5-8(9-2)6-4-7;2*1-2/h3-10,16H,11H2,1-2H3;4-8H,3H2,1-2H3;5-8H,3-4,9H2,1-2H3;3-7H,2H2,1H3;2-4H,5H2,1H3,(H,10,11);4-7H,1-3H3;3-6H,1-2H3;2*2H,1H3. The molecule has 15 heteroatoms. The molecule has 1 aliphatic rings. The van der Waals surface area contributed by atoms with Crippen LogP contribution in [0.1, 0.15) is 72.6 Å². The van der Waals surface area contributed by atoms with Crippen molar-refractivity contribution in [3.63, 3.8) is 0 Å². The number of amides is 1. The highest BCUT2D eigenvalue weighted by molar-refractivity contribution is 5.95. The third kappa shape index (κ3) is 27.9. The van der Waals surface area contributed by atoms with E-state index in [1.54, 1.807) is 20.5 Å². The van der Waals surface area contributed by atoms with Crippen molar-refractivity contribution in [1.29, 1.82) is 0 Å². The first-order valence-corrected chi connectivity index (χ1v) is 29.9. The molecule has 1 amide bonds. The third-order valence-electron chi connectivity index (χ3n) is 13.1. The van der Waals surface area contributed by atoms with E-state index in [1.165, 1.54) is 51.0 Å². The second-order valence-corrected chi connectivity index (χ2v) is 20.4. The maximum absolute atomic E-state index is 10.9. The predicted molar refractivity (Wildman–Crippen MR) is 369 cm³/mol. The summed E-state index contributed by atoms with van der Waals surface area (Å²) in [5, 5.41) is 24.5. The van der Waals surface area contributed by atoms with Crippen molar-refractivity contribution in [3.8, 4) is 34.4 Å². The Hall–Kier alpha value is -9.44. The number of carbonyl (C=O) groups is 1. The molecule has 0 saturated carbocycles. The molecule has 1 aliphatic heterocycles. The summed E-state index contributed by atoms with van der Waals surface area (Å²) >= 11 is 0. The van der Waals surface area contributed by atoms with Gasteiger partial charge in [0.15, 0.2) is 12.4 Å². The number of anilines is 3. The Bertz CT molecular complexity index is 3470. The molecule has 89 heavy (non-hydrogen) atoms. The van der Waals surface area contributed by atoms with Crippen LogP contribution in [0.2, 0.25) is 0 Å². The maximum atomic E-state index is 10.9. The number of rotatable bonds is 13. The van der Waals surface area contributed by atoms with Crippen LogP contribution in [-0.2, 0) is 24.4 Å². The number of carbonyl (C=O) groups excluding carboxylic acids is 1. The van der Waals surface area contributed by atoms with E-state index in [9.17, 15) is 4.79 Å². The van der Waals surface area contributed by atoms with Gasteiger partial charge in [-0.3, -0.25) is 9.48 Å². The van der Waals surface area contributed by atoms with Gasteiger partial charge < -0.3 is 49.3 Å². The van der Waals surface area contributed by atoms with Crippen molar-refractivity contribution in [2.75, 3.05) is 71.3 Å². The summed E-state index contributed by atoms with van der Waals surface area (Å²) in [4.78, 5) is 21.5. The number of nitrogens with one attached hydrogen (secondary N) is 2. The summed E-state index contributed by atoms with van der Waals surface area (Å²) in [6.07, 6.45) is 5.96. The van der Waals surface area contributed by atoms with Crippen molar-refractivity contribution in [3.05, 3.63) is 240 Å². The topological polar surface area (TPSA) is 170 Å². The molecule has 3 heterocycles. The number of methoxy groups -OCH3 is 2. The lowest BCUT2D eigenvalue weighted by atomic mass is 10.1. The Morgan fingerprint density at radius 3 is 1.69 bits per heavy atom. The number of aliphatic hydroxyl groups is 2. The van der Waals surface area contributed by atoms with Crippen LogP contribution in [0.5, 0.6) is 23.0 Å². The predicted octanol–water partition coefficient (Wildman–Crippen LogP) is 15.7. The number of hydrogen-bond donors (Lipinski definition) is 4. The highest BCUT2D eigenvalue weighted by atomic mass is 16.5. The van der Waals surface area contributed by atoms with E-state index in [0.29, 0.717) is 0 Å². The lowest BCUT2D eigenvalue weighted by molar-refractivity contribution is -0.118. The minimum Gasteiger partial charge on any atom is -0.497 e. The molecular weight excluding hydrogens is 1110 g/mol. The number of fused-ring (bicyclic) bond motifs is 2. The number of imidazole rings is 1. The molecule has 0 aliphatic carbocycles. The largest absolute Gasteiger partial charge is 0.497 e. The number of benzene rings is 8. The number of aryl methyl sites for hydroxylation is 8. The van der Waals surface area contributed by atoms with Crippen LogP contribution in [0, 0.1) is 41.5 Å². The summed E-state index contributed by atoms with van der Waals surface area (Å²) in [6, 6.07) is 63.2. The van der Waals surface area contributed by atoms with Gasteiger partial charge in [-0.1, -0.05) is 145 Å². The van der Waals surface area contributed by atoms with Crippen LogP contribution in [0.15, 0.2) is 201 Å². The maximum Gasteiger partial charge on any atom is 0.262 e. The molecule has 474 valence electrons. The Kier molecular flexibility index (Phi) is 35.2. The van der Waals surface area contributed by atoms with E-state index < -0.39 is 0 Å². The molecule has 0 unspecified atom stereocenters. The van der Waals surface area contributed by atoms with Crippen molar-refractivity contribution in [2.24, 2.45) is 0 Å². The SMILES string of the molecule is CCCCOc1ccc(C)cc1.CCn1cnc(-c2ccc(C)cc2)n1.CCn1cnc2ccccc21.CO.CO.COc1ccc(C)cc1.COc1ccc(CNc2cccc(C)c2)cc1.Cc1ccc(N(C)C)cc1.Cc1cccc2c1OCC(=O)N2. The van der Waals surface area contributed by atoms with Crippen molar-refractivity contribution >= 4 is 34.0 Å². The number of nitrogens with zero attached hydrogens (tertiary/aromatic N) is 6. The van der Waals surface area contributed by atoms with Crippen LogP contribution < -0.4 is 34.5 Å². The molecule has 0 saturated heterocycles. The van der Waals surface area contributed by atoms with Gasteiger partial charge in [0, 0.05) is 64.9 Å². The molecule has 0 spiro atoms. The highest BCUT2D eigenvalue weighted by Gasteiger charge is 2.16. The zero-order valence-corrected chi connectivity index (χ0v) is 55.1. The first-order chi connectivity index (χ1) is 43.1. The summed E-state index contributed by atoms with van der Waals surface area (Å²) in [5.41, 5.74) is 15.2. The molecule has 4 N–H and O–H groups in total.